The molecule has 2 aliphatic heterocycles. The van der Waals surface area contributed by atoms with Crippen LogP contribution in [-0.4, -0.2) is 68.8 Å². The van der Waals surface area contributed by atoms with Crippen LogP contribution in [0.1, 0.15) is 109 Å². The summed E-state index contributed by atoms with van der Waals surface area (Å²) < 4.78 is 54.3. The molecule has 1 saturated carbocycles. The SMILES string of the molecule is Cc1cc(-n2nc3c(c2-c2nc(-c4ccc5c(cnn5C)c4F)c(C)o2)[C@H](C)N(C(=O)c2cc4cc([C@H]5CCOC(C)(C)C5)ccc4n2[C@@]2(c4noc(=O)[nH]4)C[C@@H]2C)CC3)cc(C)c1F. The first-order valence-electron chi connectivity index (χ1n) is 22.2. The molecule has 2 fully saturated rings. The molecule has 0 unspecified atom stereocenters. The number of carbonyl (C=O) groups is 1. The summed E-state index contributed by atoms with van der Waals surface area (Å²) in [5, 5.41) is 14.8. The first-order valence-corrected chi connectivity index (χ1v) is 22.2. The van der Waals surface area contributed by atoms with Crippen LogP contribution in [0, 0.1) is 38.3 Å². The van der Waals surface area contributed by atoms with Gasteiger partial charge in [0.25, 0.3) is 5.91 Å². The largest absolute Gasteiger partial charge is 0.440 e. The molecule has 3 aromatic carbocycles. The topological polar surface area (TPSA) is 155 Å². The van der Waals surface area contributed by atoms with Crippen molar-refractivity contribution in [3.8, 4) is 28.5 Å². The molecule has 11 rings (SSSR count). The van der Waals surface area contributed by atoms with Crippen molar-refractivity contribution < 1.29 is 27.3 Å². The fourth-order valence-electron chi connectivity index (χ4n) is 10.8. The van der Waals surface area contributed by atoms with Crippen LogP contribution in [0.25, 0.3) is 50.3 Å². The van der Waals surface area contributed by atoms with E-state index in [-0.39, 0.29) is 40.6 Å². The third-order valence-electron chi connectivity index (χ3n) is 14.3. The van der Waals surface area contributed by atoms with Gasteiger partial charge in [0.05, 0.1) is 40.1 Å². The van der Waals surface area contributed by atoms with E-state index >= 15 is 13.6 Å². The average Bonchev–Trinajstić information content (AvgIpc) is 3.90. The van der Waals surface area contributed by atoms with E-state index < -0.39 is 23.2 Å². The van der Waals surface area contributed by atoms with E-state index in [1.807, 2.05) is 17.9 Å². The Morgan fingerprint density at radius 3 is 2.43 bits per heavy atom. The van der Waals surface area contributed by atoms with Crippen molar-refractivity contribution in [2.45, 2.75) is 97.2 Å². The molecule has 3 aliphatic rings. The highest BCUT2D eigenvalue weighted by molar-refractivity contribution is 6.00. The van der Waals surface area contributed by atoms with Gasteiger partial charge >= 0.3 is 5.76 Å². The third kappa shape index (κ3) is 6.27. The molecule has 5 aromatic heterocycles. The zero-order valence-electron chi connectivity index (χ0n) is 37.5. The molecule has 1 aliphatic carbocycles. The zero-order valence-corrected chi connectivity index (χ0v) is 37.5. The van der Waals surface area contributed by atoms with Gasteiger partial charge in [0.15, 0.2) is 5.82 Å². The Kier molecular flexibility index (Phi) is 9.10. The van der Waals surface area contributed by atoms with Crippen molar-refractivity contribution in [3.63, 3.8) is 0 Å². The molecule has 1 N–H and O–H groups in total. The van der Waals surface area contributed by atoms with E-state index in [9.17, 15) is 4.79 Å². The van der Waals surface area contributed by atoms with Gasteiger partial charge in [0, 0.05) is 48.6 Å². The van der Waals surface area contributed by atoms with Crippen LogP contribution >= 0.6 is 0 Å². The number of nitrogens with zero attached hydrogens (tertiary/aromatic N) is 8. The molecule has 14 nitrogen and oxygen atoms in total. The fourth-order valence-corrected chi connectivity index (χ4v) is 10.8. The van der Waals surface area contributed by atoms with E-state index in [2.05, 4.69) is 58.8 Å². The monoisotopic (exact) mass is 881 g/mol. The first kappa shape index (κ1) is 41.1. The minimum Gasteiger partial charge on any atom is -0.440 e. The Hall–Kier alpha value is -6.68. The molecular formula is C49H49F2N9O5. The normalized spacial score (nSPS) is 21.7. The van der Waals surface area contributed by atoms with Crippen LogP contribution in [-0.2, 0) is 23.7 Å². The summed E-state index contributed by atoms with van der Waals surface area (Å²) >= 11 is 0. The zero-order chi connectivity index (χ0) is 45.4. The molecule has 7 heterocycles. The van der Waals surface area contributed by atoms with Crippen LogP contribution < -0.4 is 5.76 Å². The lowest BCUT2D eigenvalue weighted by Crippen LogP contribution is -2.41. The quantitative estimate of drug-likeness (QED) is 0.165. The number of nitrogens with one attached hydrogen (secondary N) is 1. The number of fused-ring (bicyclic) bond motifs is 3. The number of H-pyrrole nitrogens is 1. The van der Waals surface area contributed by atoms with E-state index in [1.54, 1.807) is 61.4 Å². The van der Waals surface area contributed by atoms with Gasteiger partial charge in [-0.3, -0.25) is 19.0 Å². The van der Waals surface area contributed by atoms with Crippen LogP contribution in [0.4, 0.5) is 8.78 Å². The van der Waals surface area contributed by atoms with E-state index in [0.29, 0.717) is 87.9 Å². The van der Waals surface area contributed by atoms with Crippen molar-refractivity contribution in [2.24, 2.45) is 13.0 Å². The van der Waals surface area contributed by atoms with Crippen molar-refractivity contribution in [2.75, 3.05) is 13.2 Å². The highest BCUT2D eigenvalue weighted by atomic mass is 19.1. The molecule has 1 saturated heterocycles. The summed E-state index contributed by atoms with van der Waals surface area (Å²) in [5.41, 5.74) is 5.98. The van der Waals surface area contributed by atoms with Gasteiger partial charge in [-0.2, -0.15) is 10.2 Å². The number of rotatable bonds is 7. The molecule has 334 valence electrons. The highest BCUT2D eigenvalue weighted by Gasteiger charge is 2.59. The van der Waals surface area contributed by atoms with Crippen molar-refractivity contribution in [1.29, 1.82) is 0 Å². The predicted molar refractivity (Wildman–Crippen MR) is 238 cm³/mol. The summed E-state index contributed by atoms with van der Waals surface area (Å²) in [6.07, 6.45) is 4.27. The maximum Gasteiger partial charge on any atom is 0.438 e. The molecule has 4 atom stereocenters. The fraction of sp³-hybridized carbons (Fsp3) is 0.388. The van der Waals surface area contributed by atoms with Gasteiger partial charge in [-0.05, 0) is 132 Å². The number of halogens is 2. The average molecular weight is 882 g/mol. The lowest BCUT2D eigenvalue weighted by molar-refractivity contribution is -0.0592. The predicted octanol–water partition coefficient (Wildman–Crippen LogP) is 9.13. The maximum absolute atomic E-state index is 16.2. The number of benzene rings is 3. The van der Waals surface area contributed by atoms with Crippen LogP contribution in [0.2, 0.25) is 0 Å². The highest BCUT2D eigenvalue weighted by Crippen LogP contribution is 2.56. The second-order valence-corrected chi connectivity index (χ2v) is 18.9. The summed E-state index contributed by atoms with van der Waals surface area (Å²) in [5.74, 6) is -0.439. The second kappa shape index (κ2) is 14.4. The lowest BCUT2D eigenvalue weighted by atomic mass is 9.83. The molecule has 0 spiro atoms. The summed E-state index contributed by atoms with van der Waals surface area (Å²) in [7, 11) is 1.76. The maximum atomic E-state index is 16.2. The second-order valence-electron chi connectivity index (χ2n) is 18.9. The Morgan fingerprint density at radius 2 is 1.72 bits per heavy atom. The summed E-state index contributed by atoms with van der Waals surface area (Å²) in [4.78, 5) is 37.6. The Morgan fingerprint density at radius 1 is 0.969 bits per heavy atom. The number of hydrogen-bond acceptors (Lipinski definition) is 9. The van der Waals surface area contributed by atoms with Crippen molar-refractivity contribution in [1.82, 2.24) is 44.2 Å². The minimum absolute atomic E-state index is 0.0189. The van der Waals surface area contributed by atoms with E-state index in [1.165, 1.54) is 11.8 Å². The molecule has 16 heteroatoms. The number of oxazole rings is 1. The van der Waals surface area contributed by atoms with Gasteiger partial charge in [0.2, 0.25) is 5.89 Å². The number of aromatic amines is 1. The van der Waals surface area contributed by atoms with Crippen LogP contribution in [0.15, 0.2) is 68.5 Å². The smallest absolute Gasteiger partial charge is 0.438 e. The Labute approximate surface area is 372 Å². The number of amides is 1. The summed E-state index contributed by atoms with van der Waals surface area (Å²) in [6, 6.07) is 14.7. The van der Waals surface area contributed by atoms with Crippen molar-refractivity contribution in [3.05, 3.63) is 122 Å². The van der Waals surface area contributed by atoms with Gasteiger partial charge < -0.3 is 18.6 Å². The molecular weight excluding hydrogens is 833 g/mol. The third-order valence-corrected chi connectivity index (χ3v) is 14.3. The molecule has 1 amide bonds. The van der Waals surface area contributed by atoms with Gasteiger partial charge in [-0.1, -0.05) is 18.1 Å². The van der Waals surface area contributed by atoms with E-state index in [0.717, 1.165) is 29.4 Å². The van der Waals surface area contributed by atoms with Crippen molar-refractivity contribution >= 4 is 27.7 Å². The molecule has 65 heavy (non-hydrogen) atoms. The minimum atomic E-state index is -0.834. The Balaban J connectivity index is 1.06. The Bertz CT molecular complexity index is 3310. The number of aryl methyl sites for hydroxylation is 4. The van der Waals surface area contributed by atoms with Gasteiger partial charge in [-0.15, -0.1) is 0 Å². The van der Waals surface area contributed by atoms with Crippen LogP contribution in [0.5, 0.6) is 0 Å². The van der Waals surface area contributed by atoms with Gasteiger partial charge in [-0.25, -0.2) is 23.2 Å². The van der Waals surface area contributed by atoms with Crippen LogP contribution in [0.3, 0.4) is 0 Å². The van der Waals surface area contributed by atoms with E-state index in [4.69, 9.17) is 23.8 Å². The lowest BCUT2D eigenvalue weighted by Gasteiger charge is -2.35. The number of ether oxygens (including phenoxy) is 1. The number of hydrogen-bond donors (Lipinski definition) is 1. The molecule has 0 radical (unpaired) electrons. The standard InChI is InChI=1S/C49H49F2N9O5/c1-24-17-32(18-25(2)40(24)50)60-43(44-53-42(28(5)64-44)33-10-12-37-34(41(33)51)23-52-57(37)8)39-27(4)58(15-13-35(39)55-60)45(61)38-20-31-19-29(30-14-16-63-48(6,7)22-30)9-11-36(31)59(38)49(21-26(49)3)46-54-47(62)65-56-46/h9-12,17-20,23,26-27,30H,13-16,21-22H2,1-8H3,(H,54,56,62)/t26-,27-,30-,49-/m0/s1. The summed E-state index contributed by atoms with van der Waals surface area (Å²) in [6.45, 7) is 14.4. The molecule has 0 bridgehead atoms. The number of carbonyl (C=O) groups excluding carboxylic acids is 1. The molecule has 8 aromatic rings. The first-order chi connectivity index (χ1) is 31.0. The van der Waals surface area contributed by atoms with Gasteiger partial charge in [0.1, 0.15) is 40.0 Å². The number of aromatic nitrogens is 8.